The van der Waals surface area contributed by atoms with Crippen LogP contribution in [0.15, 0.2) is 103 Å². The molecule has 0 fully saturated rings. The van der Waals surface area contributed by atoms with E-state index in [1.165, 1.54) is 36.9 Å². The SMILES string of the molecule is COc1cc(F)c(C(C)C)cc1-c1ccc(C(F)(F)F)nc1C(C)(C)C.COc1cc(F)c(C(C)C)cc1-c1cnc(Cl)cc1C(C)(C)C.COc1cc(F)c(C(C)C)cc1-c1ncc(Cl)cc1C(C)(C)C.COc1ccc(C(C)(C)C)cc1-c1ccc(Cl)nc1C(C)(C)C. The summed E-state index contributed by atoms with van der Waals surface area (Å²) in [5.74, 6) is 1.26. The number of rotatable bonds is 11. The summed E-state index contributed by atoms with van der Waals surface area (Å²) < 4.78 is 104. The summed E-state index contributed by atoms with van der Waals surface area (Å²) in [6, 6.07) is 25.9. The molecule has 0 atom stereocenters. The molecule has 17 heteroatoms. The Morgan fingerprint density at radius 1 is 0.368 bits per heavy atom. The Bertz CT molecular complexity index is 3860. The molecule has 95 heavy (non-hydrogen) atoms. The van der Waals surface area contributed by atoms with Crippen molar-refractivity contribution in [2.45, 2.75) is 196 Å². The molecule has 0 unspecified atom stereocenters. The number of hydrogen-bond acceptors (Lipinski definition) is 8. The first kappa shape index (κ1) is 78.8. The van der Waals surface area contributed by atoms with Crippen LogP contribution in [0.3, 0.4) is 0 Å². The first-order valence-electron chi connectivity index (χ1n) is 31.6. The fraction of sp³-hybridized carbons (Fsp3) is 0.436. The number of aromatic nitrogens is 4. The highest BCUT2D eigenvalue weighted by atomic mass is 35.5. The van der Waals surface area contributed by atoms with Gasteiger partial charge in [0.25, 0.3) is 0 Å². The minimum Gasteiger partial charge on any atom is -0.496 e. The molecule has 0 aliphatic carbocycles. The topological polar surface area (TPSA) is 88.5 Å². The van der Waals surface area contributed by atoms with Gasteiger partial charge < -0.3 is 18.9 Å². The van der Waals surface area contributed by atoms with E-state index in [4.69, 9.17) is 53.8 Å². The molecule has 4 heterocycles. The van der Waals surface area contributed by atoms with Crippen LogP contribution in [0.1, 0.15) is 214 Å². The molecule has 4 aromatic carbocycles. The second-order valence-corrected chi connectivity index (χ2v) is 30.8. The summed E-state index contributed by atoms with van der Waals surface area (Å²) >= 11 is 18.4. The number of alkyl halides is 3. The summed E-state index contributed by atoms with van der Waals surface area (Å²) in [4.78, 5) is 17.2. The summed E-state index contributed by atoms with van der Waals surface area (Å²) in [6.45, 7) is 42.7. The lowest BCUT2D eigenvalue weighted by atomic mass is 9.82. The van der Waals surface area contributed by atoms with E-state index in [1.54, 1.807) is 60.6 Å². The van der Waals surface area contributed by atoms with E-state index >= 15 is 0 Å². The maximum Gasteiger partial charge on any atom is 0.433 e. The van der Waals surface area contributed by atoms with Crippen molar-refractivity contribution in [1.29, 1.82) is 0 Å². The van der Waals surface area contributed by atoms with Crippen LogP contribution in [0.5, 0.6) is 23.0 Å². The molecule has 0 saturated carbocycles. The van der Waals surface area contributed by atoms with Crippen LogP contribution in [0, 0.1) is 17.5 Å². The van der Waals surface area contributed by atoms with E-state index in [1.807, 2.05) is 84.0 Å². The third-order valence-electron chi connectivity index (χ3n) is 15.8. The number of methoxy groups -OCH3 is 4. The molecule has 0 radical (unpaired) electrons. The van der Waals surface area contributed by atoms with Crippen LogP contribution >= 0.6 is 34.8 Å². The smallest absolute Gasteiger partial charge is 0.433 e. The average molecular weight is 1370 g/mol. The summed E-state index contributed by atoms with van der Waals surface area (Å²) in [6.07, 6.45) is -1.18. The lowest BCUT2D eigenvalue weighted by Crippen LogP contribution is -2.19. The second kappa shape index (κ2) is 31.1. The van der Waals surface area contributed by atoms with Crippen molar-refractivity contribution in [3.05, 3.63) is 187 Å². The third-order valence-corrected chi connectivity index (χ3v) is 16.4. The summed E-state index contributed by atoms with van der Waals surface area (Å²) in [5, 5.41) is 1.55. The molecule has 0 bridgehead atoms. The largest absolute Gasteiger partial charge is 0.496 e. The van der Waals surface area contributed by atoms with Gasteiger partial charge in [0, 0.05) is 80.4 Å². The zero-order chi connectivity index (χ0) is 72.0. The summed E-state index contributed by atoms with van der Waals surface area (Å²) in [7, 11) is 6.20. The number of benzene rings is 4. The molecular formula is C78H95Cl3F6N4O4. The lowest BCUT2D eigenvalue weighted by Gasteiger charge is -2.25. The second-order valence-electron chi connectivity index (χ2n) is 29.6. The zero-order valence-electron chi connectivity index (χ0n) is 59.9. The number of halogens is 9. The van der Waals surface area contributed by atoms with Gasteiger partial charge in [0.05, 0.1) is 50.5 Å². The Kier molecular flexibility index (Phi) is 25.8. The van der Waals surface area contributed by atoms with Crippen molar-refractivity contribution in [3.8, 4) is 67.6 Å². The molecule has 0 aliphatic heterocycles. The van der Waals surface area contributed by atoms with Gasteiger partial charge in [-0.25, -0.2) is 28.1 Å². The van der Waals surface area contributed by atoms with Crippen molar-refractivity contribution in [2.75, 3.05) is 28.4 Å². The van der Waals surface area contributed by atoms with E-state index in [0.29, 0.717) is 54.6 Å². The van der Waals surface area contributed by atoms with E-state index in [2.05, 4.69) is 115 Å². The van der Waals surface area contributed by atoms with E-state index in [0.717, 1.165) is 62.1 Å². The molecular weight excluding hydrogens is 1280 g/mol. The predicted molar refractivity (Wildman–Crippen MR) is 381 cm³/mol. The quantitative estimate of drug-likeness (QED) is 0.0935. The van der Waals surface area contributed by atoms with Crippen molar-refractivity contribution in [1.82, 2.24) is 19.9 Å². The molecule has 0 spiro atoms. The van der Waals surface area contributed by atoms with Crippen molar-refractivity contribution >= 4 is 34.8 Å². The Balaban J connectivity index is 0.000000230. The molecule has 0 amide bonds. The van der Waals surface area contributed by atoms with Gasteiger partial charge >= 0.3 is 6.18 Å². The molecule has 0 aliphatic rings. The molecule has 0 saturated heterocycles. The predicted octanol–water partition coefficient (Wildman–Crippen LogP) is 24.3. The maximum atomic E-state index is 14.3. The van der Waals surface area contributed by atoms with Gasteiger partial charge in [0.15, 0.2) is 0 Å². The lowest BCUT2D eigenvalue weighted by molar-refractivity contribution is -0.141. The Labute approximate surface area is 575 Å². The Morgan fingerprint density at radius 3 is 1.19 bits per heavy atom. The van der Waals surface area contributed by atoms with Crippen molar-refractivity contribution in [3.63, 3.8) is 0 Å². The minimum absolute atomic E-state index is 0.0722. The van der Waals surface area contributed by atoms with Gasteiger partial charge in [-0.3, -0.25) is 4.98 Å². The highest BCUT2D eigenvalue weighted by Gasteiger charge is 2.36. The zero-order valence-corrected chi connectivity index (χ0v) is 62.1. The third kappa shape index (κ3) is 19.9. The Morgan fingerprint density at radius 2 is 0.779 bits per heavy atom. The summed E-state index contributed by atoms with van der Waals surface area (Å²) in [5.41, 5.74) is 11.0. The van der Waals surface area contributed by atoms with Crippen LogP contribution in [-0.2, 0) is 33.3 Å². The van der Waals surface area contributed by atoms with Crippen molar-refractivity contribution < 1.29 is 45.3 Å². The average Bonchev–Trinajstić information content (AvgIpc) is 0.795. The minimum atomic E-state index is -4.53. The molecule has 8 nitrogen and oxygen atoms in total. The van der Waals surface area contributed by atoms with E-state index in [-0.39, 0.29) is 62.5 Å². The van der Waals surface area contributed by atoms with Gasteiger partial charge in [-0.1, -0.05) is 192 Å². The number of ether oxygens (including phenoxy) is 4. The van der Waals surface area contributed by atoms with Crippen LogP contribution in [0.2, 0.25) is 15.3 Å². The number of hydrogen-bond donors (Lipinski definition) is 0. The normalized spacial score (nSPS) is 12.2. The fourth-order valence-electron chi connectivity index (χ4n) is 10.7. The fourth-order valence-corrected chi connectivity index (χ4v) is 11.1. The highest BCUT2D eigenvalue weighted by molar-refractivity contribution is 6.30. The molecule has 514 valence electrons. The van der Waals surface area contributed by atoms with Gasteiger partial charge in [-0.05, 0) is 128 Å². The maximum absolute atomic E-state index is 14.3. The molecule has 8 rings (SSSR count). The monoisotopic (exact) mass is 1370 g/mol. The van der Waals surface area contributed by atoms with Crippen LogP contribution in [0.4, 0.5) is 26.3 Å². The van der Waals surface area contributed by atoms with Gasteiger partial charge in [0.2, 0.25) is 0 Å². The van der Waals surface area contributed by atoms with Crippen molar-refractivity contribution in [2.24, 2.45) is 0 Å². The van der Waals surface area contributed by atoms with Crippen LogP contribution in [0.25, 0.3) is 44.6 Å². The van der Waals surface area contributed by atoms with Crippen LogP contribution in [-0.4, -0.2) is 48.4 Å². The molecule has 8 aromatic rings. The van der Waals surface area contributed by atoms with E-state index in [9.17, 15) is 26.3 Å². The first-order valence-corrected chi connectivity index (χ1v) is 32.7. The van der Waals surface area contributed by atoms with E-state index < -0.39 is 23.1 Å². The van der Waals surface area contributed by atoms with Gasteiger partial charge in [-0.15, -0.1) is 0 Å². The highest BCUT2D eigenvalue weighted by Crippen LogP contribution is 2.45. The molecule has 4 aromatic heterocycles. The number of pyridine rings is 4. The first-order chi connectivity index (χ1) is 43.7. The van der Waals surface area contributed by atoms with Gasteiger partial charge in [0.1, 0.15) is 56.4 Å². The van der Waals surface area contributed by atoms with Gasteiger partial charge in [-0.2, -0.15) is 13.2 Å². The standard InChI is InChI=1S/C20H26ClNO.C20H23F4NO.2C19H23ClFNO/c1-19(2,3)13-8-10-16(23-7)15(12-13)14-9-11-17(21)22-18(14)20(4,5)6;1-11(2)13-9-14(16(26-6)10-15(13)21)12-7-8-17(20(22,23)24)25-18(12)19(3,4)5;1-11(2)12-7-13(17(23-6)9-16(12)21)14-10-22-18(20)8-15(14)19(3,4)5;1-11(2)13-8-14(17(23-6)9-16(13)21)18-15(19(3,4)5)7-12(20)10-22-18/h8-12H,1-7H3;7-11H,1-6H3;2*7-11H,1-6H3. The number of nitrogens with zero attached hydrogens (tertiary/aromatic N) is 4. The molecule has 0 N–H and O–H groups in total. The van der Waals surface area contributed by atoms with Crippen LogP contribution < -0.4 is 18.9 Å². The Hall–Kier alpha value is -6.87.